The van der Waals surface area contributed by atoms with Gasteiger partial charge in [0.15, 0.2) is 0 Å². The van der Waals surface area contributed by atoms with E-state index in [0.29, 0.717) is 28.2 Å². The third-order valence-electron chi connectivity index (χ3n) is 3.57. The monoisotopic (exact) mass is 302 g/mol. The lowest BCUT2D eigenvalue weighted by molar-refractivity contribution is 0.0955. The molecule has 108 valence electrons. The van der Waals surface area contributed by atoms with E-state index < -0.39 is 0 Å². The van der Waals surface area contributed by atoms with Crippen LogP contribution in [0, 0.1) is 5.92 Å². The molecule has 4 nitrogen and oxygen atoms in total. The number of furan rings is 1. The molecule has 1 fully saturated rings. The van der Waals surface area contributed by atoms with Crippen molar-refractivity contribution in [3.05, 3.63) is 58.5 Å². The van der Waals surface area contributed by atoms with Crippen LogP contribution in [-0.2, 0) is 0 Å². The van der Waals surface area contributed by atoms with E-state index in [2.05, 4.69) is 17.5 Å². The number of benzene rings is 1. The first-order chi connectivity index (χ1) is 10.1. The van der Waals surface area contributed by atoms with Crippen molar-refractivity contribution in [3.8, 4) is 0 Å². The molecule has 1 heterocycles. The van der Waals surface area contributed by atoms with Crippen LogP contribution in [0.5, 0.6) is 0 Å². The quantitative estimate of drug-likeness (QED) is 0.689. The maximum absolute atomic E-state index is 11.8. The average Bonchev–Trinajstić information content (AvgIpc) is 3.01. The Hall–Kier alpha value is -2.07. The highest BCUT2D eigenvalue weighted by Crippen LogP contribution is 2.47. The number of hydrazone groups is 1. The van der Waals surface area contributed by atoms with Gasteiger partial charge in [0.25, 0.3) is 5.91 Å². The lowest BCUT2D eigenvalue weighted by Gasteiger charge is -1.99. The minimum absolute atomic E-state index is 0.309. The highest BCUT2D eigenvalue weighted by atomic mass is 35.5. The van der Waals surface area contributed by atoms with Crippen molar-refractivity contribution in [2.45, 2.75) is 19.3 Å². The third kappa shape index (κ3) is 3.34. The van der Waals surface area contributed by atoms with Crippen LogP contribution < -0.4 is 5.43 Å². The summed E-state index contributed by atoms with van der Waals surface area (Å²) in [4.78, 5) is 11.8. The molecule has 1 amide bonds. The molecule has 2 atom stereocenters. The Labute approximate surface area is 127 Å². The summed E-state index contributed by atoms with van der Waals surface area (Å²) in [6.45, 7) is 2.20. The lowest BCUT2D eigenvalue weighted by Crippen LogP contribution is -2.17. The number of hydrogen-bond acceptors (Lipinski definition) is 3. The van der Waals surface area contributed by atoms with Gasteiger partial charge in [-0.15, -0.1) is 0 Å². The molecule has 0 bridgehead atoms. The summed E-state index contributed by atoms with van der Waals surface area (Å²) in [5.74, 6) is 2.55. The van der Waals surface area contributed by atoms with Crippen molar-refractivity contribution in [2.24, 2.45) is 11.0 Å². The molecule has 0 spiro atoms. The van der Waals surface area contributed by atoms with Gasteiger partial charge in [0.05, 0.1) is 6.21 Å². The molecule has 1 aromatic carbocycles. The molecular formula is C16H15ClN2O2. The van der Waals surface area contributed by atoms with Crippen molar-refractivity contribution in [1.82, 2.24) is 5.43 Å². The molecule has 2 aromatic rings. The summed E-state index contributed by atoms with van der Waals surface area (Å²) in [6.07, 6.45) is 2.68. The van der Waals surface area contributed by atoms with E-state index in [0.717, 1.165) is 5.76 Å². The summed E-state index contributed by atoms with van der Waals surface area (Å²) < 4.78 is 5.66. The number of nitrogens with one attached hydrogen (secondary N) is 1. The minimum Gasteiger partial charge on any atom is -0.460 e. The van der Waals surface area contributed by atoms with Crippen LogP contribution in [0.25, 0.3) is 0 Å². The minimum atomic E-state index is -0.309. The van der Waals surface area contributed by atoms with Crippen LogP contribution in [0.1, 0.15) is 41.1 Å². The normalized spacial score (nSPS) is 20.7. The standard InChI is InChI=1S/C16H15ClN2O2/c1-10-7-14(10)15-6-5-13(21-15)9-18-19-16(20)11-3-2-4-12(17)8-11/h2-6,8-10,14H,7H2,1H3,(H,19,20)/b18-9-/t10-,14+/m1/s1. The van der Waals surface area contributed by atoms with Crippen LogP contribution in [0.2, 0.25) is 5.02 Å². The van der Waals surface area contributed by atoms with Gasteiger partial charge in [0.2, 0.25) is 0 Å². The van der Waals surface area contributed by atoms with Gasteiger partial charge in [0.1, 0.15) is 11.5 Å². The van der Waals surface area contributed by atoms with Crippen molar-refractivity contribution in [3.63, 3.8) is 0 Å². The van der Waals surface area contributed by atoms with Crippen molar-refractivity contribution >= 4 is 23.7 Å². The summed E-state index contributed by atoms with van der Waals surface area (Å²) >= 11 is 5.84. The van der Waals surface area contributed by atoms with E-state index in [1.165, 1.54) is 12.6 Å². The largest absolute Gasteiger partial charge is 0.460 e. The fourth-order valence-electron chi connectivity index (χ4n) is 2.20. The van der Waals surface area contributed by atoms with E-state index in [-0.39, 0.29) is 5.91 Å². The van der Waals surface area contributed by atoms with Gasteiger partial charge in [-0.2, -0.15) is 5.10 Å². The van der Waals surface area contributed by atoms with Crippen LogP contribution >= 0.6 is 11.6 Å². The molecule has 3 rings (SSSR count). The Bertz CT molecular complexity index is 693. The SMILES string of the molecule is C[C@@H]1C[C@@H]1c1ccc(/C=N\NC(=O)c2cccc(Cl)c2)o1. The molecule has 0 radical (unpaired) electrons. The first-order valence-corrected chi connectivity index (χ1v) is 7.20. The summed E-state index contributed by atoms with van der Waals surface area (Å²) in [7, 11) is 0. The highest BCUT2D eigenvalue weighted by molar-refractivity contribution is 6.30. The second kappa shape index (κ2) is 5.74. The zero-order valence-corrected chi connectivity index (χ0v) is 12.3. The molecule has 5 heteroatoms. The molecule has 21 heavy (non-hydrogen) atoms. The Morgan fingerprint density at radius 2 is 2.24 bits per heavy atom. The number of carbonyl (C=O) groups is 1. The lowest BCUT2D eigenvalue weighted by atomic mass is 10.2. The third-order valence-corrected chi connectivity index (χ3v) is 3.80. The van der Waals surface area contributed by atoms with E-state index in [1.54, 1.807) is 24.3 Å². The Morgan fingerprint density at radius 3 is 2.95 bits per heavy atom. The van der Waals surface area contributed by atoms with Crippen LogP contribution in [-0.4, -0.2) is 12.1 Å². The van der Waals surface area contributed by atoms with E-state index >= 15 is 0 Å². The Balaban J connectivity index is 1.59. The maximum Gasteiger partial charge on any atom is 0.271 e. The second-order valence-corrected chi connectivity index (χ2v) is 5.71. The van der Waals surface area contributed by atoms with Gasteiger partial charge < -0.3 is 4.42 Å². The van der Waals surface area contributed by atoms with Crippen LogP contribution in [0.15, 0.2) is 45.9 Å². The topological polar surface area (TPSA) is 54.6 Å². The van der Waals surface area contributed by atoms with Crippen molar-refractivity contribution < 1.29 is 9.21 Å². The molecule has 0 saturated heterocycles. The Morgan fingerprint density at radius 1 is 1.43 bits per heavy atom. The molecule has 0 unspecified atom stereocenters. The first kappa shape index (κ1) is 13.9. The maximum atomic E-state index is 11.8. The first-order valence-electron chi connectivity index (χ1n) is 6.82. The van der Waals surface area contributed by atoms with Crippen molar-refractivity contribution in [1.29, 1.82) is 0 Å². The summed E-state index contributed by atoms with van der Waals surface area (Å²) in [6, 6.07) is 10.5. The number of rotatable bonds is 4. The fraction of sp³-hybridized carbons (Fsp3) is 0.250. The van der Waals surface area contributed by atoms with E-state index in [4.69, 9.17) is 16.0 Å². The molecule has 1 saturated carbocycles. The molecule has 1 aliphatic rings. The van der Waals surface area contributed by atoms with Crippen LogP contribution in [0.3, 0.4) is 0 Å². The highest BCUT2D eigenvalue weighted by Gasteiger charge is 2.36. The number of halogens is 1. The zero-order chi connectivity index (χ0) is 14.8. The van der Waals surface area contributed by atoms with Gasteiger partial charge in [-0.25, -0.2) is 5.43 Å². The predicted octanol–water partition coefficient (Wildman–Crippen LogP) is 3.82. The molecule has 1 N–H and O–H groups in total. The fourth-order valence-corrected chi connectivity index (χ4v) is 2.39. The van der Waals surface area contributed by atoms with Crippen molar-refractivity contribution in [2.75, 3.05) is 0 Å². The predicted molar refractivity (Wildman–Crippen MR) is 81.7 cm³/mol. The molecule has 0 aliphatic heterocycles. The van der Waals surface area contributed by atoms with Crippen LogP contribution in [0.4, 0.5) is 0 Å². The molecule has 1 aromatic heterocycles. The van der Waals surface area contributed by atoms with Gasteiger partial charge in [-0.05, 0) is 42.7 Å². The molecule has 1 aliphatic carbocycles. The number of hydrogen-bond donors (Lipinski definition) is 1. The molecular weight excluding hydrogens is 288 g/mol. The van der Waals surface area contributed by atoms with Gasteiger partial charge >= 0.3 is 0 Å². The number of carbonyl (C=O) groups excluding carboxylic acids is 1. The van der Waals surface area contributed by atoms with Gasteiger partial charge in [0, 0.05) is 16.5 Å². The Kier molecular flexibility index (Phi) is 3.80. The average molecular weight is 303 g/mol. The smallest absolute Gasteiger partial charge is 0.271 e. The number of nitrogens with zero attached hydrogens (tertiary/aromatic N) is 1. The van der Waals surface area contributed by atoms with E-state index in [1.807, 2.05) is 12.1 Å². The van der Waals surface area contributed by atoms with E-state index in [9.17, 15) is 4.79 Å². The van der Waals surface area contributed by atoms with Gasteiger partial charge in [-0.1, -0.05) is 24.6 Å². The second-order valence-electron chi connectivity index (χ2n) is 5.27. The number of amides is 1. The van der Waals surface area contributed by atoms with Gasteiger partial charge in [-0.3, -0.25) is 4.79 Å². The summed E-state index contributed by atoms with van der Waals surface area (Å²) in [5, 5.41) is 4.41. The summed E-state index contributed by atoms with van der Waals surface area (Å²) in [5.41, 5.74) is 2.91. The zero-order valence-electron chi connectivity index (χ0n) is 11.5.